The molecule has 0 unspecified atom stereocenters. The van der Waals surface area contributed by atoms with Gasteiger partial charge in [-0.2, -0.15) is 0 Å². The van der Waals surface area contributed by atoms with Gasteiger partial charge in [0.25, 0.3) is 0 Å². The average molecular weight is 371 g/mol. The number of nitrogen functional groups attached to an aromatic ring is 1. The number of nitrogens with two attached hydrogens (primary N) is 1. The molecule has 0 atom stereocenters. The summed E-state index contributed by atoms with van der Waals surface area (Å²) in [6.45, 7) is 0. The Hall–Kier alpha value is -3.68. The van der Waals surface area contributed by atoms with Crippen molar-refractivity contribution in [1.29, 1.82) is 0 Å². The van der Waals surface area contributed by atoms with E-state index in [0.717, 1.165) is 12.1 Å². The van der Waals surface area contributed by atoms with Crippen molar-refractivity contribution in [3.8, 4) is 17.0 Å². The van der Waals surface area contributed by atoms with E-state index >= 15 is 0 Å². The first-order valence-electron chi connectivity index (χ1n) is 7.80. The van der Waals surface area contributed by atoms with E-state index in [2.05, 4.69) is 4.98 Å². The average Bonchev–Trinajstić information content (AvgIpc) is 2.61. The number of pyridine rings is 1. The lowest BCUT2D eigenvalue weighted by Gasteiger charge is -2.21. The van der Waals surface area contributed by atoms with E-state index in [1.807, 2.05) is 0 Å². The molecule has 3 aromatic rings. The van der Waals surface area contributed by atoms with Crippen LogP contribution in [0.4, 0.5) is 26.0 Å². The summed E-state index contributed by atoms with van der Waals surface area (Å²) in [7, 11) is 1.59. The molecule has 0 radical (unpaired) electrons. The monoisotopic (exact) mass is 371 g/mol. The molecule has 0 aliphatic rings. The van der Waals surface area contributed by atoms with E-state index in [9.17, 15) is 18.7 Å². The fourth-order valence-corrected chi connectivity index (χ4v) is 2.64. The lowest BCUT2D eigenvalue weighted by molar-refractivity contribution is 0.0697. The lowest BCUT2D eigenvalue weighted by Crippen LogP contribution is -2.11. The zero-order valence-corrected chi connectivity index (χ0v) is 14.1. The smallest absolute Gasteiger partial charge is 0.339 e. The number of benzene rings is 2. The number of rotatable bonds is 4. The summed E-state index contributed by atoms with van der Waals surface area (Å²) >= 11 is 0. The van der Waals surface area contributed by atoms with Crippen LogP contribution in [0.1, 0.15) is 10.4 Å². The SMILES string of the molecule is CN(c1ccc(O)c(-c2ccc(C(=O)O)c(N)n2)c1)c1ccc(F)cc1F. The van der Waals surface area contributed by atoms with Crippen molar-refractivity contribution in [2.45, 2.75) is 0 Å². The van der Waals surface area contributed by atoms with Gasteiger partial charge >= 0.3 is 5.97 Å². The van der Waals surface area contributed by atoms with E-state index in [-0.39, 0.29) is 34.1 Å². The predicted molar refractivity (Wildman–Crippen MR) is 97.1 cm³/mol. The number of aromatic hydroxyl groups is 1. The number of hydrogen-bond acceptors (Lipinski definition) is 5. The molecule has 2 aromatic carbocycles. The molecular formula is C19H15F2N3O3. The Kier molecular flexibility index (Phi) is 4.64. The fourth-order valence-electron chi connectivity index (χ4n) is 2.64. The van der Waals surface area contributed by atoms with Crippen LogP contribution in [0.15, 0.2) is 48.5 Å². The van der Waals surface area contributed by atoms with Crippen molar-refractivity contribution in [3.05, 3.63) is 65.7 Å². The summed E-state index contributed by atoms with van der Waals surface area (Å²) in [5, 5.41) is 19.2. The zero-order chi connectivity index (χ0) is 19.7. The molecular weight excluding hydrogens is 356 g/mol. The van der Waals surface area contributed by atoms with Crippen LogP contribution >= 0.6 is 0 Å². The number of carboxylic acid groups (broad SMARTS) is 1. The van der Waals surface area contributed by atoms with Gasteiger partial charge in [0.1, 0.15) is 28.8 Å². The molecule has 0 spiro atoms. The third kappa shape index (κ3) is 3.50. The molecule has 138 valence electrons. The number of aromatic carboxylic acids is 1. The minimum Gasteiger partial charge on any atom is -0.507 e. The maximum absolute atomic E-state index is 14.0. The molecule has 6 nitrogen and oxygen atoms in total. The number of anilines is 3. The van der Waals surface area contributed by atoms with Gasteiger partial charge in [0.15, 0.2) is 0 Å². The molecule has 3 rings (SSSR count). The largest absolute Gasteiger partial charge is 0.507 e. The topological polar surface area (TPSA) is 99.7 Å². The van der Waals surface area contributed by atoms with Gasteiger partial charge in [-0.3, -0.25) is 0 Å². The van der Waals surface area contributed by atoms with Gasteiger partial charge in [0.2, 0.25) is 0 Å². The van der Waals surface area contributed by atoms with Crippen LogP contribution in [0.2, 0.25) is 0 Å². The maximum atomic E-state index is 14.0. The number of aromatic nitrogens is 1. The molecule has 0 fully saturated rings. The summed E-state index contributed by atoms with van der Waals surface area (Å²) in [5.74, 6) is -2.94. The van der Waals surface area contributed by atoms with Crippen LogP contribution in [0.5, 0.6) is 5.75 Å². The minimum atomic E-state index is -1.21. The van der Waals surface area contributed by atoms with Crippen molar-refractivity contribution in [2.75, 3.05) is 17.7 Å². The molecule has 0 aliphatic heterocycles. The molecule has 0 saturated carbocycles. The first kappa shape index (κ1) is 18.1. The lowest BCUT2D eigenvalue weighted by atomic mass is 10.1. The van der Waals surface area contributed by atoms with Crippen molar-refractivity contribution in [3.63, 3.8) is 0 Å². The Bertz CT molecular complexity index is 1040. The zero-order valence-electron chi connectivity index (χ0n) is 14.1. The number of hydrogen-bond donors (Lipinski definition) is 3. The van der Waals surface area contributed by atoms with Crippen LogP contribution in [-0.4, -0.2) is 28.2 Å². The molecule has 0 aliphatic carbocycles. The van der Waals surface area contributed by atoms with Gasteiger partial charge < -0.3 is 20.8 Å². The third-order valence-electron chi connectivity index (χ3n) is 4.07. The maximum Gasteiger partial charge on any atom is 0.339 e. The first-order valence-corrected chi connectivity index (χ1v) is 7.80. The van der Waals surface area contributed by atoms with Crippen LogP contribution < -0.4 is 10.6 Å². The minimum absolute atomic E-state index is 0.110. The fraction of sp³-hybridized carbons (Fsp3) is 0.0526. The molecule has 1 aromatic heterocycles. The molecule has 27 heavy (non-hydrogen) atoms. The molecule has 8 heteroatoms. The highest BCUT2D eigenvalue weighted by atomic mass is 19.1. The predicted octanol–water partition coefficient (Wildman–Crippen LogP) is 3.78. The number of phenols is 1. The summed E-state index contributed by atoms with van der Waals surface area (Å²) in [6, 6.07) is 10.4. The number of nitrogens with zero attached hydrogens (tertiary/aromatic N) is 2. The van der Waals surface area contributed by atoms with E-state index in [1.54, 1.807) is 19.2 Å². The summed E-state index contributed by atoms with van der Waals surface area (Å²) in [5.41, 5.74) is 6.68. The van der Waals surface area contributed by atoms with Gasteiger partial charge in [0.05, 0.1) is 11.4 Å². The highest BCUT2D eigenvalue weighted by molar-refractivity contribution is 5.93. The van der Waals surface area contributed by atoms with E-state index in [0.29, 0.717) is 5.69 Å². The van der Waals surface area contributed by atoms with Crippen LogP contribution in [0.3, 0.4) is 0 Å². The molecule has 0 amide bonds. The van der Waals surface area contributed by atoms with Gasteiger partial charge in [-0.15, -0.1) is 0 Å². The number of carbonyl (C=O) groups is 1. The Morgan fingerprint density at radius 2 is 1.85 bits per heavy atom. The van der Waals surface area contributed by atoms with Crippen molar-refractivity contribution in [2.24, 2.45) is 0 Å². The summed E-state index contributed by atoms with van der Waals surface area (Å²) < 4.78 is 27.2. The van der Waals surface area contributed by atoms with Crippen LogP contribution in [0, 0.1) is 11.6 Å². The van der Waals surface area contributed by atoms with E-state index in [1.165, 1.54) is 29.2 Å². The molecule has 0 bridgehead atoms. The van der Waals surface area contributed by atoms with Crippen LogP contribution in [-0.2, 0) is 0 Å². The first-order chi connectivity index (χ1) is 12.8. The van der Waals surface area contributed by atoms with Crippen molar-refractivity contribution < 1.29 is 23.8 Å². The standard InChI is InChI=1S/C19H15F2N3O3/c1-24(16-6-2-10(20)8-14(16)21)11-3-7-17(25)13(9-11)15-5-4-12(19(26)27)18(22)23-15/h2-9,25H,1H3,(H2,22,23)(H,26,27). The Balaban J connectivity index is 2.04. The van der Waals surface area contributed by atoms with E-state index < -0.39 is 17.6 Å². The highest BCUT2D eigenvalue weighted by Crippen LogP contribution is 2.35. The molecule has 0 saturated heterocycles. The number of carboxylic acids is 1. The number of halogens is 2. The third-order valence-corrected chi connectivity index (χ3v) is 4.07. The van der Waals surface area contributed by atoms with Crippen molar-refractivity contribution in [1.82, 2.24) is 4.98 Å². The van der Waals surface area contributed by atoms with Gasteiger partial charge in [-0.25, -0.2) is 18.6 Å². The van der Waals surface area contributed by atoms with Gasteiger partial charge in [-0.05, 0) is 42.5 Å². The van der Waals surface area contributed by atoms with Gasteiger partial charge in [0, 0.05) is 24.4 Å². The Morgan fingerprint density at radius 1 is 1.11 bits per heavy atom. The Labute approximate surface area is 153 Å². The van der Waals surface area contributed by atoms with E-state index in [4.69, 9.17) is 10.8 Å². The second-order valence-electron chi connectivity index (χ2n) is 5.79. The summed E-state index contributed by atoms with van der Waals surface area (Å²) in [6.07, 6.45) is 0. The molecule has 4 N–H and O–H groups in total. The van der Waals surface area contributed by atoms with Crippen molar-refractivity contribution >= 4 is 23.2 Å². The molecule has 1 heterocycles. The summed E-state index contributed by atoms with van der Waals surface area (Å²) in [4.78, 5) is 16.6. The Morgan fingerprint density at radius 3 is 2.48 bits per heavy atom. The number of phenolic OH excluding ortho intramolecular Hbond substituents is 1. The quantitative estimate of drug-likeness (QED) is 0.645. The van der Waals surface area contributed by atoms with Gasteiger partial charge in [-0.1, -0.05) is 0 Å². The van der Waals surface area contributed by atoms with Crippen LogP contribution in [0.25, 0.3) is 11.3 Å². The second kappa shape index (κ2) is 6.91. The normalized spacial score (nSPS) is 10.6. The second-order valence-corrected chi connectivity index (χ2v) is 5.79. The highest BCUT2D eigenvalue weighted by Gasteiger charge is 2.16.